The Hall–Kier alpha value is -0.740. The van der Waals surface area contributed by atoms with E-state index in [1.807, 2.05) is 5.06 Å². The van der Waals surface area contributed by atoms with Crippen LogP contribution in [0, 0.1) is 23.7 Å². The van der Waals surface area contributed by atoms with Gasteiger partial charge in [0.25, 0.3) is 0 Å². The van der Waals surface area contributed by atoms with Crippen LogP contribution in [0.3, 0.4) is 0 Å². The lowest BCUT2D eigenvalue weighted by Gasteiger charge is -2.49. The smallest absolute Gasteiger partial charge is 0.133 e. The van der Waals surface area contributed by atoms with Crippen LogP contribution in [0.5, 0.6) is 0 Å². The third kappa shape index (κ3) is 2.30. The standard InChI is InChI=1S/C23H40N4O4/c1-14-15-16(19(2,3)26(14)30-8)22(15,28)24-10-12-25(13-11-24)23(29)17-18(23)21(6,7)27(31-9)20(17,4)5/h15-18,28-29H,1,10-13H2,2-9H3. The Bertz CT molecular complexity index is 783. The molecule has 3 aliphatic heterocycles. The Morgan fingerprint density at radius 2 is 1.19 bits per heavy atom. The molecule has 5 unspecified atom stereocenters. The molecule has 5 aliphatic rings. The van der Waals surface area contributed by atoms with Gasteiger partial charge < -0.3 is 15.1 Å². The first-order valence-corrected chi connectivity index (χ1v) is 11.6. The van der Waals surface area contributed by atoms with Gasteiger partial charge in [0.15, 0.2) is 0 Å². The zero-order valence-corrected chi connectivity index (χ0v) is 20.3. The third-order valence-electron chi connectivity index (χ3n) is 9.41. The number of piperazine rings is 1. The Kier molecular flexibility index (Phi) is 4.29. The van der Waals surface area contributed by atoms with Crippen molar-refractivity contribution in [1.29, 1.82) is 0 Å². The van der Waals surface area contributed by atoms with Crippen LogP contribution >= 0.6 is 0 Å². The molecule has 0 spiro atoms. The van der Waals surface area contributed by atoms with Gasteiger partial charge in [-0.3, -0.25) is 19.7 Å². The molecule has 31 heavy (non-hydrogen) atoms. The van der Waals surface area contributed by atoms with E-state index in [0.29, 0.717) is 0 Å². The third-order valence-corrected chi connectivity index (χ3v) is 9.41. The lowest BCUT2D eigenvalue weighted by Crippen LogP contribution is -2.63. The average Bonchev–Trinajstić information content (AvgIpc) is 3.48. The monoisotopic (exact) mass is 436 g/mol. The fraction of sp³-hybridized carbons (Fsp3) is 0.913. The highest BCUT2D eigenvalue weighted by atomic mass is 16.7. The molecule has 0 aromatic heterocycles. The van der Waals surface area contributed by atoms with Crippen molar-refractivity contribution in [2.75, 3.05) is 40.4 Å². The molecular weight excluding hydrogens is 396 g/mol. The van der Waals surface area contributed by atoms with E-state index in [-0.39, 0.29) is 40.3 Å². The van der Waals surface area contributed by atoms with E-state index in [0.717, 1.165) is 31.9 Å². The maximum Gasteiger partial charge on any atom is 0.133 e. The molecule has 0 aromatic carbocycles. The van der Waals surface area contributed by atoms with Gasteiger partial charge in [0.1, 0.15) is 11.4 Å². The molecule has 5 fully saturated rings. The fourth-order valence-corrected chi connectivity index (χ4v) is 8.59. The fourth-order valence-electron chi connectivity index (χ4n) is 8.59. The lowest BCUT2D eigenvalue weighted by molar-refractivity contribution is -0.259. The number of piperidine rings is 2. The summed E-state index contributed by atoms with van der Waals surface area (Å²) in [5.74, 6) is 0.360. The van der Waals surface area contributed by atoms with Crippen molar-refractivity contribution in [2.24, 2.45) is 23.7 Å². The Labute approximate surface area is 186 Å². The second-order valence-corrected chi connectivity index (χ2v) is 11.9. The lowest BCUT2D eigenvalue weighted by atomic mass is 9.95. The Balaban J connectivity index is 1.30. The van der Waals surface area contributed by atoms with Gasteiger partial charge in [-0.25, -0.2) is 0 Å². The molecule has 0 amide bonds. The minimum Gasteiger partial charge on any atom is -0.375 e. The van der Waals surface area contributed by atoms with E-state index in [2.05, 4.69) is 63.0 Å². The van der Waals surface area contributed by atoms with Crippen molar-refractivity contribution >= 4 is 0 Å². The number of hydroxylamine groups is 4. The van der Waals surface area contributed by atoms with Crippen LogP contribution in [0.1, 0.15) is 41.5 Å². The van der Waals surface area contributed by atoms with Gasteiger partial charge >= 0.3 is 0 Å². The van der Waals surface area contributed by atoms with Crippen LogP contribution in [0.4, 0.5) is 0 Å². The summed E-state index contributed by atoms with van der Waals surface area (Å²) >= 11 is 0. The van der Waals surface area contributed by atoms with Gasteiger partial charge in [-0.1, -0.05) is 6.58 Å². The van der Waals surface area contributed by atoms with Crippen LogP contribution in [-0.4, -0.2) is 98.6 Å². The van der Waals surface area contributed by atoms with E-state index >= 15 is 0 Å². The normalized spacial score (nSPS) is 48.1. The maximum atomic E-state index is 11.8. The van der Waals surface area contributed by atoms with E-state index < -0.39 is 11.4 Å². The maximum absolute atomic E-state index is 11.8. The van der Waals surface area contributed by atoms with Crippen LogP contribution in [0.2, 0.25) is 0 Å². The molecule has 176 valence electrons. The van der Waals surface area contributed by atoms with Gasteiger partial charge in [0.2, 0.25) is 0 Å². The molecule has 8 nitrogen and oxygen atoms in total. The van der Waals surface area contributed by atoms with Crippen molar-refractivity contribution in [3.63, 3.8) is 0 Å². The van der Waals surface area contributed by atoms with Crippen molar-refractivity contribution in [2.45, 2.75) is 69.6 Å². The molecule has 3 saturated heterocycles. The molecule has 2 N–H and O–H groups in total. The quantitative estimate of drug-likeness (QED) is 0.678. The molecule has 5 atom stereocenters. The number of fused-ring (bicyclic) bond motifs is 2. The van der Waals surface area contributed by atoms with Gasteiger partial charge in [-0.15, -0.1) is 0 Å². The summed E-state index contributed by atoms with van der Waals surface area (Å²) in [4.78, 5) is 15.7. The van der Waals surface area contributed by atoms with E-state index in [9.17, 15) is 10.2 Å². The number of rotatable bonds is 4. The highest BCUT2D eigenvalue weighted by molar-refractivity contribution is 5.36. The van der Waals surface area contributed by atoms with E-state index in [4.69, 9.17) is 9.68 Å². The number of hydrogen-bond donors (Lipinski definition) is 2. The highest BCUT2D eigenvalue weighted by Gasteiger charge is 2.84. The zero-order chi connectivity index (χ0) is 22.9. The predicted octanol–water partition coefficient (Wildman–Crippen LogP) is 1.08. The first-order chi connectivity index (χ1) is 14.2. The van der Waals surface area contributed by atoms with Crippen LogP contribution in [0.15, 0.2) is 12.3 Å². The zero-order valence-electron chi connectivity index (χ0n) is 20.3. The Morgan fingerprint density at radius 3 is 1.55 bits per heavy atom. The summed E-state index contributed by atoms with van der Waals surface area (Å²) < 4.78 is 0. The Morgan fingerprint density at radius 1 is 0.742 bits per heavy atom. The molecule has 0 radical (unpaired) electrons. The van der Waals surface area contributed by atoms with Crippen LogP contribution in [-0.2, 0) is 9.68 Å². The summed E-state index contributed by atoms with van der Waals surface area (Å²) in [5, 5.41) is 27.3. The molecule has 2 saturated carbocycles. The topological polar surface area (TPSA) is 71.9 Å². The second-order valence-electron chi connectivity index (χ2n) is 11.9. The van der Waals surface area contributed by atoms with Gasteiger partial charge in [-0.2, -0.15) is 5.06 Å². The van der Waals surface area contributed by atoms with Crippen molar-refractivity contribution < 1.29 is 19.9 Å². The first kappa shape index (κ1) is 22.1. The molecule has 0 aromatic rings. The molecule has 8 heteroatoms. The molecular formula is C23H40N4O4. The minimum absolute atomic E-state index is 0.00511. The summed E-state index contributed by atoms with van der Waals surface area (Å²) in [7, 11) is 3.38. The molecule has 2 aliphatic carbocycles. The average molecular weight is 437 g/mol. The van der Waals surface area contributed by atoms with Gasteiger partial charge in [0, 0.05) is 60.7 Å². The first-order valence-electron chi connectivity index (χ1n) is 11.6. The van der Waals surface area contributed by atoms with Crippen LogP contribution in [0.25, 0.3) is 0 Å². The van der Waals surface area contributed by atoms with Crippen molar-refractivity contribution in [3.05, 3.63) is 12.3 Å². The molecule has 0 bridgehead atoms. The summed E-state index contributed by atoms with van der Waals surface area (Å²) in [6, 6.07) is 0. The summed E-state index contributed by atoms with van der Waals surface area (Å²) in [5.41, 5.74) is -1.61. The number of nitrogens with zero attached hydrogens (tertiary/aromatic N) is 4. The predicted molar refractivity (Wildman–Crippen MR) is 116 cm³/mol. The van der Waals surface area contributed by atoms with E-state index in [1.165, 1.54) is 0 Å². The largest absolute Gasteiger partial charge is 0.375 e. The second kappa shape index (κ2) is 6.03. The van der Waals surface area contributed by atoms with Gasteiger partial charge in [0.05, 0.1) is 25.7 Å². The van der Waals surface area contributed by atoms with E-state index in [1.54, 1.807) is 14.2 Å². The number of aliphatic hydroxyl groups is 2. The van der Waals surface area contributed by atoms with Gasteiger partial charge in [-0.05, 0) is 41.5 Å². The highest BCUT2D eigenvalue weighted by Crippen LogP contribution is 2.71. The van der Waals surface area contributed by atoms with Crippen molar-refractivity contribution in [3.8, 4) is 0 Å². The summed E-state index contributed by atoms with van der Waals surface area (Å²) in [6.07, 6.45) is 0. The van der Waals surface area contributed by atoms with Crippen LogP contribution < -0.4 is 0 Å². The minimum atomic E-state index is -0.866. The SMILES string of the molecule is C=C1C2C(C(C)(C)N1OC)C2(O)N1CCN(C2(O)C3C2C(C)(C)N(OC)C3(C)C)CC1. The van der Waals surface area contributed by atoms with Crippen molar-refractivity contribution in [1.82, 2.24) is 19.9 Å². The number of hydrogen-bond acceptors (Lipinski definition) is 8. The molecule has 3 heterocycles. The molecule has 5 rings (SSSR count). The summed E-state index contributed by atoms with van der Waals surface area (Å²) in [6.45, 7) is 20.1.